The van der Waals surface area contributed by atoms with Gasteiger partial charge in [-0.15, -0.1) is 0 Å². The number of nitrogens with zero attached hydrogens (tertiary/aromatic N) is 2. The number of aryl methyl sites for hydroxylation is 2. The lowest BCUT2D eigenvalue weighted by Gasteiger charge is -2.10. The molecule has 0 aliphatic heterocycles. The smallest absolute Gasteiger partial charge is 0.171 e. The molecule has 21 heavy (non-hydrogen) atoms. The van der Waals surface area contributed by atoms with Crippen molar-refractivity contribution in [1.82, 2.24) is 9.78 Å². The molecule has 1 aromatic heterocycles. The first-order valence-corrected chi connectivity index (χ1v) is 7.61. The summed E-state index contributed by atoms with van der Waals surface area (Å²) in [7, 11) is 0. The molecule has 0 spiro atoms. The zero-order valence-electron chi connectivity index (χ0n) is 12.7. The van der Waals surface area contributed by atoms with Crippen LogP contribution in [0.1, 0.15) is 30.8 Å². The minimum atomic E-state index is 0.0630. The molecule has 4 nitrogen and oxygen atoms in total. The largest absolute Gasteiger partial charge is 0.453 e. The van der Waals surface area contributed by atoms with E-state index in [1.165, 1.54) is 0 Å². The summed E-state index contributed by atoms with van der Waals surface area (Å²) in [4.78, 5) is 0. The van der Waals surface area contributed by atoms with Gasteiger partial charge in [-0.05, 0) is 43.5 Å². The molecule has 0 saturated carbocycles. The van der Waals surface area contributed by atoms with Crippen molar-refractivity contribution < 1.29 is 9.84 Å². The Morgan fingerprint density at radius 2 is 2.00 bits per heavy atom. The molecule has 0 saturated heterocycles. The Morgan fingerprint density at radius 3 is 2.57 bits per heavy atom. The number of hydrogen-bond acceptors (Lipinski definition) is 3. The molecule has 1 N–H and O–H groups in total. The van der Waals surface area contributed by atoms with Crippen LogP contribution in [-0.4, -0.2) is 21.5 Å². The number of halogens is 1. The summed E-state index contributed by atoms with van der Waals surface area (Å²) in [5.74, 6) is 1.50. The average Bonchev–Trinajstić information content (AvgIpc) is 2.75. The summed E-state index contributed by atoms with van der Waals surface area (Å²) >= 11 is 6.08. The van der Waals surface area contributed by atoms with Gasteiger partial charge in [0.2, 0.25) is 0 Å². The average molecular weight is 309 g/mol. The van der Waals surface area contributed by atoms with Gasteiger partial charge in [-0.1, -0.05) is 25.4 Å². The highest BCUT2D eigenvalue weighted by Crippen LogP contribution is 2.32. The fraction of sp³-hybridized carbons (Fsp3) is 0.438. The SMILES string of the molecule is CCc1nn(CCO)c(CC)c1Oc1cc(C)cc(Cl)c1. The number of hydrogen-bond donors (Lipinski definition) is 1. The van der Waals surface area contributed by atoms with Gasteiger partial charge < -0.3 is 9.84 Å². The zero-order chi connectivity index (χ0) is 15.4. The van der Waals surface area contributed by atoms with Gasteiger partial charge in [0.05, 0.1) is 18.8 Å². The lowest BCUT2D eigenvalue weighted by molar-refractivity contribution is 0.267. The number of aliphatic hydroxyl groups excluding tert-OH is 1. The van der Waals surface area contributed by atoms with Gasteiger partial charge in [0.15, 0.2) is 5.75 Å². The van der Waals surface area contributed by atoms with E-state index in [9.17, 15) is 0 Å². The van der Waals surface area contributed by atoms with E-state index in [1.54, 1.807) is 6.07 Å². The summed E-state index contributed by atoms with van der Waals surface area (Å²) < 4.78 is 7.89. The predicted molar refractivity (Wildman–Crippen MR) is 84.3 cm³/mol. The van der Waals surface area contributed by atoms with Crippen LogP contribution in [0.15, 0.2) is 18.2 Å². The van der Waals surface area contributed by atoms with Crippen LogP contribution in [0, 0.1) is 6.92 Å². The number of rotatable bonds is 6. The van der Waals surface area contributed by atoms with Crippen LogP contribution < -0.4 is 4.74 Å². The normalized spacial score (nSPS) is 10.9. The van der Waals surface area contributed by atoms with Gasteiger partial charge in [-0.25, -0.2) is 0 Å². The molecule has 5 heteroatoms. The summed E-state index contributed by atoms with van der Waals surface area (Å²) in [6.07, 6.45) is 1.57. The van der Waals surface area contributed by atoms with Gasteiger partial charge in [0, 0.05) is 5.02 Å². The van der Waals surface area contributed by atoms with E-state index < -0.39 is 0 Å². The van der Waals surface area contributed by atoms with Crippen molar-refractivity contribution in [3.8, 4) is 11.5 Å². The van der Waals surface area contributed by atoms with E-state index in [2.05, 4.69) is 12.0 Å². The first-order chi connectivity index (χ1) is 10.1. The lowest BCUT2D eigenvalue weighted by Crippen LogP contribution is -2.07. The molecule has 0 radical (unpaired) electrons. The van der Waals surface area contributed by atoms with Crippen molar-refractivity contribution in [2.45, 2.75) is 40.2 Å². The van der Waals surface area contributed by atoms with Crippen molar-refractivity contribution in [3.63, 3.8) is 0 Å². The molecule has 2 aromatic rings. The third-order valence-corrected chi connectivity index (χ3v) is 3.51. The van der Waals surface area contributed by atoms with Crippen molar-refractivity contribution in [3.05, 3.63) is 40.2 Å². The maximum Gasteiger partial charge on any atom is 0.171 e. The fourth-order valence-electron chi connectivity index (χ4n) is 2.39. The van der Waals surface area contributed by atoms with Gasteiger partial charge in [-0.2, -0.15) is 5.10 Å². The maximum absolute atomic E-state index is 9.16. The Morgan fingerprint density at radius 1 is 1.24 bits per heavy atom. The third kappa shape index (κ3) is 3.57. The molecule has 2 rings (SSSR count). The van der Waals surface area contributed by atoms with Crippen LogP contribution in [0.5, 0.6) is 11.5 Å². The monoisotopic (exact) mass is 308 g/mol. The summed E-state index contributed by atoms with van der Waals surface area (Å²) in [5.41, 5.74) is 2.95. The van der Waals surface area contributed by atoms with Crippen LogP contribution in [0.25, 0.3) is 0 Å². The van der Waals surface area contributed by atoms with Crippen molar-refractivity contribution in [2.24, 2.45) is 0 Å². The van der Waals surface area contributed by atoms with Crippen LogP contribution in [-0.2, 0) is 19.4 Å². The Balaban J connectivity index is 2.41. The molecule has 0 unspecified atom stereocenters. The first-order valence-electron chi connectivity index (χ1n) is 7.23. The molecular weight excluding hydrogens is 288 g/mol. The minimum Gasteiger partial charge on any atom is -0.453 e. The van der Waals surface area contributed by atoms with Gasteiger partial charge in [-0.3, -0.25) is 4.68 Å². The lowest BCUT2D eigenvalue weighted by atomic mass is 10.2. The van der Waals surface area contributed by atoms with E-state index in [1.807, 2.05) is 30.7 Å². The van der Waals surface area contributed by atoms with Crippen molar-refractivity contribution in [1.29, 1.82) is 0 Å². The molecule has 0 atom stereocenters. The maximum atomic E-state index is 9.16. The van der Waals surface area contributed by atoms with Crippen LogP contribution in [0.4, 0.5) is 0 Å². The third-order valence-electron chi connectivity index (χ3n) is 3.29. The van der Waals surface area contributed by atoms with Gasteiger partial charge in [0.25, 0.3) is 0 Å². The van der Waals surface area contributed by atoms with Crippen LogP contribution in [0.3, 0.4) is 0 Å². The van der Waals surface area contributed by atoms with Gasteiger partial charge in [0.1, 0.15) is 11.4 Å². The number of ether oxygens (including phenoxy) is 1. The van der Waals surface area contributed by atoms with E-state index in [-0.39, 0.29) is 6.61 Å². The van der Waals surface area contributed by atoms with E-state index in [0.29, 0.717) is 17.3 Å². The molecule has 1 aromatic carbocycles. The second-order valence-electron chi connectivity index (χ2n) is 4.94. The molecular formula is C16H21ClN2O2. The first kappa shape index (κ1) is 15.9. The Bertz CT molecular complexity index is 603. The van der Waals surface area contributed by atoms with Crippen LogP contribution >= 0.6 is 11.6 Å². The molecule has 1 heterocycles. The molecule has 0 amide bonds. The predicted octanol–water partition coefficient (Wildman–Crippen LogP) is 3.75. The van der Waals surface area contributed by atoms with E-state index >= 15 is 0 Å². The Labute approximate surface area is 130 Å². The zero-order valence-corrected chi connectivity index (χ0v) is 13.4. The van der Waals surface area contributed by atoms with Crippen LogP contribution in [0.2, 0.25) is 5.02 Å². The number of aromatic nitrogens is 2. The standard InChI is InChI=1S/C16H21ClN2O2/c1-4-14-16(15(5-2)19(18-14)6-7-20)21-13-9-11(3)8-12(17)10-13/h8-10,20H,4-7H2,1-3H3. The quantitative estimate of drug-likeness (QED) is 0.884. The van der Waals surface area contributed by atoms with E-state index in [4.69, 9.17) is 21.4 Å². The summed E-state index contributed by atoms with van der Waals surface area (Å²) in [6, 6.07) is 5.65. The van der Waals surface area contributed by atoms with Gasteiger partial charge >= 0.3 is 0 Å². The topological polar surface area (TPSA) is 47.3 Å². The Hall–Kier alpha value is -1.52. The highest BCUT2D eigenvalue weighted by atomic mass is 35.5. The second kappa shape index (κ2) is 6.96. The van der Waals surface area contributed by atoms with Crippen molar-refractivity contribution >= 4 is 11.6 Å². The number of aliphatic hydroxyl groups is 1. The summed E-state index contributed by atoms with van der Waals surface area (Å²) in [6.45, 7) is 6.62. The van der Waals surface area contributed by atoms with Crippen molar-refractivity contribution in [2.75, 3.05) is 6.61 Å². The molecule has 0 aliphatic rings. The molecule has 0 bridgehead atoms. The summed E-state index contributed by atoms with van der Waals surface area (Å²) in [5, 5.41) is 14.3. The molecule has 0 fully saturated rings. The highest BCUT2D eigenvalue weighted by Gasteiger charge is 2.17. The minimum absolute atomic E-state index is 0.0630. The van der Waals surface area contributed by atoms with E-state index in [0.717, 1.165) is 35.5 Å². The Kier molecular flexibility index (Phi) is 5.26. The highest BCUT2D eigenvalue weighted by molar-refractivity contribution is 6.30. The molecule has 114 valence electrons. The number of benzene rings is 1. The fourth-order valence-corrected chi connectivity index (χ4v) is 2.67. The second-order valence-corrected chi connectivity index (χ2v) is 5.38. The molecule has 0 aliphatic carbocycles.